The van der Waals surface area contributed by atoms with Gasteiger partial charge in [-0.2, -0.15) is 5.26 Å². The van der Waals surface area contributed by atoms with Gasteiger partial charge >= 0.3 is 0 Å². The Morgan fingerprint density at radius 3 is 2.30 bits per heavy atom. The van der Waals surface area contributed by atoms with E-state index >= 15 is 0 Å². The molecule has 0 radical (unpaired) electrons. The molecule has 0 saturated heterocycles. The number of nitrogens with zero attached hydrogens (tertiary/aromatic N) is 2. The van der Waals surface area contributed by atoms with Crippen molar-refractivity contribution in [2.24, 2.45) is 5.92 Å². The predicted octanol–water partition coefficient (Wildman–Crippen LogP) is 3.12. The molecule has 0 atom stereocenters. The van der Waals surface area contributed by atoms with Crippen molar-refractivity contribution in [1.29, 1.82) is 5.26 Å². The Balaban J connectivity index is 3.02. The zero-order valence-corrected chi connectivity index (χ0v) is 11.3. The Hall–Kier alpha value is -2.03. The molecule has 0 bridgehead atoms. The molecule has 0 N–H and O–H groups in total. The van der Waals surface area contributed by atoms with E-state index in [4.69, 9.17) is 5.26 Å². The van der Waals surface area contributed by atoms with Gasteiger partial charge in [0, 0.05) is 18.7 Å². The topological polar surface area (TPSA) is 44.1 Å². The van der Waals surface area contributed by atoms with E-state index in [9.17, 15) is 18.0 Å². The summed E-state index contributed by atoms with van der Waals surface area (Å²) in [5.41, 5.74) is -0.264. The number of nitriles is 1. The van der Waals surface area contributed by atoms with Crippen molar-refractivity contribution >= 4 is 5.91 Å². The Kier molecular flexibility index (Phi) is 5.56. The van der Waals surface area contributed by atoms with Crippen LogP contribution in [0, 0.1) is 34.7 Å². The molecule has 0 aliphatic heterocycles. The summed E-state index contributed by atoms with van der Waals surface area (Å²) in [5.74, 6) is -4.90. The van der Waals surface area contributed by atoms with E-state index in [0.29, 0.717) is 18.7 Å². The average Bonchev–Trinajstić information content (AvgIpc) is 2.39. The van der Waals surface area contributed by atoms with Crippen LogP contribution in [0.15, 0.2) is 12.1 Å². The van der Waals surface area contributed by atoms with Crippen molar-refractivity contribution in [3.63, 3.8) is 0 Å². The molecule has 1 aromatic carbocycles. The first-order valence-corrected chi connectivity index (χ1v) is 6.17. The van der Waals surface area contributed by atoms with Crippen LogP contribution in [0.25, 0.3) is 0 Å². The lowest BCUT2D eigenvalue weighted by Crippen LogP contribution is -2.35. The number of carbonyl (C=O) groups excluding carboxylic acids is 1. The Labute approximate surface area is 115 Å². The number of hydrogen-bond acceptors (Lipinski definition) is 2. The maximum Gasteiger partial charge on any atom is 0.254 e. The van der Waals surface area contributed by atoms with Crippen LogP contribution in [0.5, 0.6) is 0 Å². The van der Waals surface area contributed by atoms with Crippen molar-refractivity contribution in [2.45, 2.75) is 20.3 Å². The largest absolute Gasteiger partial charge is 0.337 e. The molecule has 0 spiro atoms. The molecule has 6 heteroatoms. The third-order valence-corrected chi connectivity index (χ3v) is 2.60. The Morgan fingerprint density at radius 2 is 1.85 bits per heavy atom. The molecule has 3 nitrogen and oxygen atoms in total. The fourth-order valence-electron chi connectivity index (χ4n) is 1.76. The number of halogens is 3. The molecule has 20 heavy (non-hydrogen) atoms. The van der Waals surface area contributed by atoms with E-state index in [1.807, 2.05) is 19.9 Å². The van der Waals surface area contributed by atoms with Crippen molar-refractivity contribution in [2.75, 3.05) is 13.1 Å². The summed E-state index contributed by atoms with van der Waals surface area (Å²) in [6.07, 6.45) is 0.116. The smallest absolute Gasteiger partial charge is 0.254 e. The molecule has 1 aromatic rings. The zero-order valence-electron chi connectivity index (χ0n) is 11.3. The maximum atomic E-state index is 13.1. The summed E-state index contributed by atoms with van der Waals surface area (Å²) >= 11 is 0. The lowest BCUT2D eigenvalue weighted by Gasteiger charge is -2.23. The van der Waals surface area contributed by atoms with Crippen LogP contribution in [0.3, 0.4) is 0 Å². The van der Waals surface area contributed by atoms with E-state index in [-0.39, 0.29) is 24.4 Å². The molecular formula is C14H15F3N2O. The van der Waals surface area contributed by atoms with Crippen LogP contribution in [-0.2, 0) is 0 Å². The van der Waals surface area contributed by atoms with Gasteiger partial charge in [-0.25, -0.2) is 13.2 Å². The molecule has 0 aliphatic carbocycles. The number of amides is 1. The monoisotopic (exact) mass is 284 g/mol. The highest BCUT2D eigenvalue weighted by Crippen LogP contribution is 2.16. The van der Waals surface area contributed by atoms with Gasteiger partial charge in [-0.1, -0.05) is 13.8 Å². The van der Waals surface area contributed by atoms with Gasteiger partial charge in [-0.15, -0.1) is 0 Å². The molecule has 1 amide bonds. The fourth-order valence-corrected chi connectivity index (χ4v) is 1.76. The Bertz CT molecular complexity index is 515. The van der Waals surface area contributed by atoms with Crippen molar-refractivity contribution < 1.29 is 18.0 Å². The number of hydrogen-bond donors (Lipinski definition) is 0. The SMILES string of the molecule is CC(C)CN(CCC#N)C(=O)c1cc(F)c(F)c(F)c1. The van der Waals surface area contributed by atoms with Gasteiger partial charge < -0.3 is 4.90 Å². The van der Waals surface area contributed by atoms with Gasteiger partial charge in [0.05, 0.1) is 12.5 Å². The summed E-state index contributed by atoms with van der Waals surface area (Å²) in [6, 6.07) is 3.24. The minimum absolute atomic E-state index is 0.116. The van der Waals surface area contributed by atoms with Crippen molar-refractivity contribution in [1.82, 2.24) is 4.90 Å². The van der Waals surface area contributed by atoms with Crippen LogP contribution in [0.1, 0.15) is 30.6 Å². The zero-order chi connectivity index (χ0) is 15.3. The maximum absolute atomic E-state index is 13.1. The Morgan fingerprint density at radius 1 is 1.30 bits per heavy atom. The van der Waals surface area contributed by atoms with Gasteiger partial charge in [0.25, 0.3) is 5.91 Å². The normalized spacial score (nSPS) is 10.4. The van der Waals surface area contributed by atoms with E-state index < -0.39 is 23.4 Å². The molecule has 0 saturated carbocycles. The van der Waals surface area contributed by atoms with Gasteiger partial charge in [0.2, 0.25) is 0 Å². The first kappa shape index (κ1) is 16.0. The van der Waals surface area contributed by atoms with Gasteiger partial charge in [-0.3, -0.25) is 4.79 Å². The van der Waals surface area contributed by atoms with E-state index in [1.165, 1.54) is 4.90 Å². The summed E-state index contributed by atoms with van der Waals surface area (Å²) in [4.78, 5) is 13.5. The highest BCUT2D eigenvalue weighted by molar-refractivity contribution is 5.94. The van der Waals surface area contributed by atoms with Crippen LogP contribution in [-0.4, -0.2) is 23.9 Å². The summed E-state index contributed by atoms with van der Waals surface area (Å²) < 4.78 is 39.2. The fraction of sp³-hybridized carbons (Fsp3) is 0.429. The third kappa shape index (κ3) is 3.98. The van der Waals surface area contributed by atoms with Crippen molar-refractivity contribution in [3.8, 4) is 6.07 Å². The highest BCUT2D eigenvalue weighted by Gasteiger charge is 2.20. The summed E-state index contributed by atoms with van der Waals surface area (Å²) in [7, 11) is 0. The molecule has 108 valence electrons. The minimum Gasteiger partial charge on any atom is -0.337 e. The van der Waals surface area contributed by atoms with Gasteiger partial charge in [0.1, 0.15) is 0 Å². The molecule has 1 rings (SSSR count). The standard InChI is InChI=1S/C14H15F3N2O/c1-9(2)8-19(5-3-4-18)14(20)10-6-11(15)13(17)12(16)7-10/h6-7,9H,3,5,8H2,1-2H3. The molecule has 0 heterocycles. The predicted molar refractivity (Wildman–Crippen MR) is 67.3 cm³/mol. The molecular weight excluding hydrogens is 269 g/mol. The average molecular weight is 284 g/mol. The third-order valence-electron chi connectivity index (χ3n) is 2.60. The van der Waals surface area contributed by atoms with Gasteiger partial charge in [0.15, 0.2) is 17.5 Å². The van der Waals surface area contributed by atoms with E-state index in [2.05, 4.69) is 0 Å². The van der Waals surface area contributed by atoms with Crippen molar-refractivity contribution in [3.05, 3.63) is 35.1 Å². The number of carbonyl (C=O) groups is 1. The first-order valence-electron chi connectivity index (χ1n) is 6.17. The molecule has 0 aliphatic rings. The van der Waals surface area contributed by atoms with Crippen LogP contribution in [0.2, 0.25) is 0 Å². The lowest BCUT2D eigenvalue weighted by atomic mass is 10.1. The first-order chi connectivity index (χ1) is 9.36. The second-order valence-electron chi connectivity index (χ2n) is 4.81. The van der Waals surface area contributed by atoms with Crippen LogP contribution in [0.4, 0.5) is 13.2 Å². The second kappa shape index (κ2) is 6.94. The number of rotatable bonds is 5. The van der Waals surface area contributed by atoms with Gasteiger partial charge in [-0.05, 0) is 18.1 Å². The highest BCUT2D eigenvalue weighted by atomic mass is 19.2. The summed E-state index contributed by atoms with van der Waals surface area (Å²) in [6.45, 7) is 4.26. The minimum atomic E-state index is -1.60. The quantitative estimate of drug-likeness (QED) is 0.780. The second-order valence-corrected chi connectivity index (χ2v) is 4.81. The molecule has 0 aromatic heterocycles. The molecule has 0 unspecified atom stereocenters. The summed E-state index contributed by atoms with van der Waals surface area (Å²) in [5, 5.41) is 8.57. The lowest BCUT2D eigenvalue weighted by molar-refractivity contribution is 0.0738. The molecule has 0 fully saturated rings. The number of benzene rings is 1. The van der Waals surface area contributed by atoms with Crippen LogP contribution >= 0.6 is 0 Å². The van der Waals surface area contributed by atoms with Crippen LogP contribution < -0.4 is 0 Å². The van der Waals surface area contributed by atoms with E-state index in [1.54, 1.807) is 0 Å². The van der Waals surface area contributed by atoms with E-state index in [0.717, 1.165) is 0 Å².